The van der Waals surface area contributed by atoms with Crippen molar-refractivity contribution in [1.29, 1.82) is 0 Å². The van der Waals surface area contributed by atoms with Crippen molar-refractivity contribution in [3.8, 4) is 0 Å². The van der Waals surface area contributed by atoms with Gasteiger partial charge in [-0.3, -0.25) is 4.79 Å². The summed E-state index contributed by atoms with van der Waals surface area (Å²) in [5, 5.41) is 3.73. The first kappa shape index (κ1) is 14.5. The zero-order valence-corrected chi connectivity index (χ0v) is 12.9. The van der Waals surface area contributed by atoms with Gasteiger partial charge in [0.2, 0.25) is 5.91 Å². The van der Waals surface area contributed by atoms with Gasteiger partial charge < -0.3 is 16.0 Å². The van der Waals surface area contributed by atoms with E-state index in [0.29, 0.717) is 24.5 Å². The lowest BCUT2D eigenvalue weighted by molar-refractivity contribution is -0.118. The molecule has 1 saturated carbocycles. The number of para-hydroxylation sites is 1. The van der Waals surface area contributed by atoms with Gasteiger partial charge in [0.1, 0.15) is 0 Å². The molecule has 3 rings (SSSR count). The number of anilines is 1. The predicted octanol–water partition coefficient (Wildman–Crippen LogP) is 2.34. The topological polar surface area (TPSA) is 58.4 Å². The summed E-state index contributed by atoms with van der Waals surface area (Å²) in [4.78, 5) is 14.2. The number of nitrogens with zero attached hydrogens (tertiary/aromatic N) is 1. The molecule has 1 fully saturated rings. The summed E-state index contributed by atoms with van der Waals surface area (Å²) in [6, 6.07) is 9.74. The largest absolute Gasteiger partial charge is 0.328 e. The van der Waals surface area contributed by atoms with Crippen molar-refractivity contribution in [2.75, 3.05) is 4.90 Å². The van der Waals surface area contributed by atoms with E-state index in [1.807, 2.05) is 17.9 Å². The number of nitrogens with one attached hydrogen (secondary N) is 1. The lowest BCUT2D eigenvalue weighted by Gasteiger charge is -2.43. The van der Waals surface area contributed by atoms with Gasteiger partial charge in [-0.05, 0) is 37.8 Å². The minimum Gasteiger partial charge on any atom is -0.328 e. The first-order valence-electron chi connectivity index (χ1n) is 8.02. The van der Waals surface area contributed by atoms with E-state index in [4.69, 9.17) is 5.73 Å². The molecule has 0 radical (unpaired) electrons. The number of rotatable bonds is 3. The van der Waals surface area contributed by atoms with Gasteiger partial charge in [-0.2, -0.15) is 0 Å². The molecule has 4 nitrogen and oxygen atoms in total. The summed E-state index contributed by atoms with van der Waals surface area (Å²) in [5.74, 6) is 0.207. The number of fused-ring (bicyclic) bond motifs is 1. The molecule has 1 aliphatic heterocycles. The zero-order valence-electron chi connectivity index (χ0n) is 12.9. The minimum atomic E-state index is 0.207. The van der Waals surface area contributed by atoms with Gasteiger partial charge in [0.05, 0.1) is 0 Å². The van der Waals surface area contributed by atoms with Crippen LogP contribution in [0.15, 0.2) is 24.3 Å². The Morgan fingerprint density at radius 2 is 2.05 bits per heavy atom. The van der Waals surface area contributed by atoms with Crippen LogP contribution >= 0.6 is 0 Å². The van der Waals surface area contributed by atoms with E-state index < -0.39 is 0 Å². The molecule has 1 amide bonds. The normalized spacial score (nSPS) is 31.5. The number of benzene rings is 1. The molecule has 0 aromatic heterocycles. The van der Waals surface area contributed by atoms with Crippen LogP contribution in [0.2, 0.25) is 0 Å². The van der Waals surface area contributed by atoms with Gasteiger partial charge >= 0.3 is 0 Å². The summed E-state index contributed by atoms with van der Waals surface area (Å²) in [7, 11) is 0. The van der Waals surface area contributed by atoms with Crippen LogP contribution in [0.3, 0.4) is 0 Å². The monoisotopic (exact) mass is 287 g/mol. The van der Waals surface area contributed by atoms with Gasteiger partial charge in [-0.25, -0.2) is 0 Å². The number of carbonyl (C=O) groups excluding carboxylic acids is 1. The van der Waals surface area contributed by atoms with Crippen LogP contribution in [-0.2, 0) is 4.79 Å². The summed E-state index contributed by atoms with van der Waals surface area (Å²) in [5.41, 5.74) is 8.20. The Morgan fingerprint density at radius 3 is 2.71 bits per heavy atom. The summed E-state index contributed by atoms with van der Waals surface area (Å²) < 4.78 is 0. The smallest absolute Gasteiger partial charge is 0.226 e. The maximum absolute atomic E-state index is 12.3. The van der Waals surface area contributed by atoms with Crippen LogP contribution in [0.4, 0.5) is 5.69 Å². The van der Waals surface area contributed by atoms with Crippen LogP contribution < -0.4 is 16.0 Å². The van der Waals surface area contributed by atoms with Gasteiger partial charge in [0.25, 0.3) is 0 Å². The Morgan fingerprint density at radius 1 is 1.33 bits per heavy atom. The summed E-state index contributed by atoms with van der Waals surface area (Å²) in [6.45, 7) is 4.07. The molecule has 2 unspecified atom stereocenters. The van der Waals surface area contributed by atoms with Crippen molar-refractivity contribution in [3.05, 3.63) is 29.8 Å². The third kappa shape index (κ3) is 2.70. The molecular weight excluding hydrogens is 262 g/mol. The van der Waals surface area contributed by atoms with E-state index >= 15 is 0 Å². The third-order valence-corrected chi connectivity index (χ3v) is 4.77. The molecule has 0 saturated heterocycles. The fourth-order valence-electron chi connectivity index (χ4n) is 3.60. The highest BCUT2D eigenvalue weighted by atomic mass is 16.2. The molecule has 1 aromatic carbocycles. The fraction of sp³-hybridized carbons (Fsp3) is 0.588. The van der Waals surface area contributed by atoms with Crippen LogP contribution in [0.5, 0.6) is 0 Å². The number of amides is 1. The summed E-state index contributed by atoms with van der Waals surface area (Å²) in [6.07, 6.45) is 3.64. The highest BCUT2D eigenvalue weighted by Crippen LogP contribution is 2.38. The van der Waals surface area contributed by atoms with Crippen molar-refractivity contribution >= 4 is 11.6 Å². The number of nitrogens with two attached hydrogens (primary N) is 1. The van der Waals surface area contributed by atoms with E-state index in [1.54, 1.807) is 0 Å². The molecule has 114 valence electrons. The van der Waals surface area contributed by atoms with Gasteiger partial charge in [0.15, 0.2) is 0 Å². The van der Waals surface area contributed by atoms with E-state index in [2.05, 4.69) is 30.4 Å². The standard InChI is InChI=1S/C17H25N3O/c1-3-17(21)20-11(2)8-15(19-13-9-12(18)10-13)14-6-4-5-7-16(14)20/h4-7,11-13,15,19H,3,8-10,18H2,1-2H3. The molecular formula is C17H25N3O. The maximum Gasteiger partial charge on any atom is 0.226 e. The second-order valence-corrected chi connectivity index (χ2v) is 6.41. The van der Waals surface area contributed by atoms with Crippen LogP contribution in [0.1, 0.15) is 51.1 Å². The SMILES string of the molecule is CCC(=O)N1c2ccccc2C(NC2CC(N)C2)CC1C. The maximum atomic E-state index is 12.3. The number of carbonyl (C=O) groups is 1. The highest BCUT2D eigenvalue weighted by molar-refractivity contribution is 5.95. The van der Waals surface area contributed by atoms with E-state index in [1.165, 1.54) is 5.56 Å². The lowest BCUT2D eigenvalue weighted by atomic mass is 9.84. The Bertz CT molecular complexity index is 525. The predicted molar refractivity (Wildman–Crippen MR) is 85.2 cm³/mol. The summed E-state index contributed by atoms with van der Waals surface area (Å²) >= 11 is 0. The first-order valence-corrected chi connectivity index (χ1v) is 8.02. The van der Waals surface area contributed by atoms with E-state index in [9.17, 15) is 4.79 Å². The van der Waals surface area contributed by atoms with Gasteiger partial charge in [-0.15, -0.1) is 0 Å². The fourth-order valence-corrected chi connectivity index (χ4v) is 3.60. The second kappa shape index (κ2) is 5.78. The number of hydrogen-bond donors (Lipinski definition) is 2. The first-order chi connectivity index (χ1) is 10.1. The zero-order chi connectivity index (χ0) is 15.0. The highest BCUT2D eigenvalue weighted by Gasteiger charge is 2.35. The molecule has 21 heavy (non-hydrogen) atoms. The molecule has 2 aliphatic rings. The van der Waals surface area contributed by atoms with E-state index in [0.717, 1.165) is 24.9 Å². The number of hydrogen-bond acceptors (Lipinski definition) is 3. The molecule has 3 N–H and O–H groups in total. The molecule has 1 aromatic rings. The van der Waals surface area contributed by atoms with Crippen LogP contribution in [0, 0.1) is 0 Å². The van der Waals surface area contributed by atoms with Crippen molar-refractivity contribution in [1.82, 2.24) is 5.32 Å². The van der Waals surface area contributed by atoms with Crippen molar-refractivity contribution in [3.63, 3.8) is 0 Å². The molecule has 0 bridgehead atoms. The van der Waals surface area contributed by atoms with Crippen LogP contribution in [-0.4, -0.2) is 24.0 Å². The average Bonchev–Trinajstić information content (AvgIpc) is 2.45. The molecule has 1 heterocycles. The van der Waals surface area contributed by atoms with Crippen molar-refractivity contribution in [2.24, 2.45) is 5.73 Å². The third-order valence-electron chi connectivity index (χ3n) is 4.77. The Kier molecular flexibility index (Phi) is 4.00. The Hall–Kier alpha value is -1.39. The molecule has 1 aliphatic carbocycles. The van der Waals surface area contributed by atoms with Crippen molar-refractivity contribution in [2.45, 2.75) is 63.7 Å². The van der Waals surface area contributed by atoms with Crippen molar-refractivity contribution < 1.29 is 4.79 Å². The molecule has 2 atom stereocenters. The van der Waals surface area contributed by atoms with E-state index in [-0.39, 0.29) is 11.9 Å². The average molecular weight is 287 g/mol. The van der Waals surface area contributed by atoms with Gasteiger partial charge in [0, 0.05) is 36.3 Å². The Labute approximate surface area is 126 Å². The van der Waals surface area contributed by atoms with Crippen LogP contribution in [0.25, 0.3) is 0 Å². The minimum absolute atomic E-state index is 0.207. The molecule has 4 heteroatoms. The Balaban J connectivity index is 1.85. The second-order valence-electron chi connectivity index (χ2n) is 6.41. The lowest BCUT2D eigenvalue weighted by Crippen LogP contribution is -2.52. The quantitative estimate of drug-likeness (QED) is 0.897. The van der Waals surface area contributed by atoms with Gasteiger partial charge in [-0.1, -0.05) is 25.1 Å². The molecule has 0 spiro atoms.